The zero-order chi connectivity index (χ0) is 58.8. The summed E-state index contributed by atoms with van der Waals surface area (Å²) in [5.41, 5.74) is 29.4. The quantitative estimate of drug-likeness (QED) is 0.0995. The lowest BCUT2D eigenvalue weighted by atomic mass is 9.33. The molecule has 0 saturated carbocycles. The molecule has 15 aromatic carbocycles. The highest BCUT2D eigenvalue weighted by Gasteiger charge is 2.45. The monoisotopic (exact) mass is 1130 g/mol. The predicted molar refractivity (Wildman–Crippen MR) is 379 cm³/mol. The van der Waals surface area contributed by atoms with Crippen LogP contribution in [0.4, 0.5) is 34.1 Å². The molecule has 0 aliphatic carbocycles. The molecule has 0 radical (unpaired) electrons. The third-order valence-corrected chi connectivity index (χ3v) is 18.4. The van der Waals surface area contributed by atoms with Crippen molar-refractivity contribution in [1.29, 1.82) is 0 Å². The van der Waals surface area contributed by atoms with E-state index in [9.17, 15) is 0 Å². The maximum Gasteiger partial charge on any atom is 0.252 e. The molecule has 0 aromatic heterocycles. The summed E-state index contributed by atoms with van der Waals surface area (Å²) in [6.07, 6.45) is 0. The van der Waals surface area contributed by atoms with Crippen LogP contribution in [-0.4, -0.2) is 6.71 Å². The van der Waals surface area contributed by atoms with E-state index >= 15 is 0 Å². The smallest absolute Gasteiger partial charge is 0.252 e. The normalized spacial score (nSPS) is 12.2. The van der Waals surface area contributed by atoms with Gasteiger partial charge in [0.05, 0.1) is 11.4 Å². The Balaban J connectivity index is 0.977. The molecule has 414 valence electrons. The Bertz CT molecular complexity index is 5050. The van der Waals surface area contributed by atoms with Crippen molar-refractivity contribution in [2.24, 2.45) is 0 Å². The van der Waals surface area contributed by atoms with Crippen LogP contribution in [0.3, 0.4) is 0 Å². The second-order valence-corrected chi connectivity index (χ2v) is 23.4. The molecule has 15 aromatic rings. The number of rotatable bonds is 10. The average Bonchev–Trinajstić information content (AvgIpc) is 1.38. The van der Waals surface area contributed by atoms with Crippen LogP contribution in [0.2, 0.25) is 0 Å². The average molecular weight is 1130 g/mol. The van der Waals surface area contributed by atoms with Gasteiger partial charge in [0.2, 0.25) is 0 Å². The van der Waals surface area contributed by atoms with Crippen LogP contribution < -0.4 is 26.2 Å². The molecule has 0 N–H and O–H groups in total. The second kappa shape index (κ2) is 21.8. The van der Waals surface area contributed by atoms with E-state index in [0.717, 1.165) is 89.8 Å². The molecule has 0 fully saturated rings. The number of nitrogens with zero attached hydrogens (tertiary/aromatic N) is 2. The van der Waals surface area contributed by atoms with Gasteiger partial charge in [0.1, 0.15) is 0 Å². The Morgan fingerprint density at radius 1 is 0.191 bits per heavy atom. The number of fused-ring (bicyclic) bond motifs is 6. The van der Waals surface area contributed by atoms with Gasteiger partial charge in [-0.25, -0.2) is 0 Å². The highest BCUT2D eigenvalue weighted by Crippen LogP contribution is 2.54. The van der Waals surface area contributed by atoms with Crippen molar-refractivity contribution in [3.8, 4) is 89.0 Å². The highest BCUT2D eigenvalue weighted by molar-refractivity contribution is 7.00. The minimum Gasteiger partial charge on any atom is -0.310 e. The molecule has 89 heavy (non-hydrogen) atoms. The fraction of sp³-hybridized carbons (Fsp3) is 0. The van der Waals surface area contributed by atoms with E-state index in [1.165, 1.54) is 71.3 Å². The number of benzene rings is 15. The molecule has 0 bridgehead atoms. The molecule has 0 unspecified atom stereocenters. The molecular formula is C86H57BN2. The van der Waals surface area contributed by atoms with Crippen LogP contribution in [0.25, 0.3) is 111 Å². The van der Waals surface area contributed by atoms with Gasteiger partial charge < -0.3 is 9.80 Å². The van der Waals surface area contributed by atoms with Crippen molar-refractivity contribution in [2.75, 3.05) is 9.80 Å². The lowest BCUT2D eigenvalue weighted by Gasteiger charge is -2.45. The maximum atomic E-state index is 2.64. The van der Waals surface area contributed by atoms with E-state index in [1.54, 1.807) is 0 Å². The van der Waals surface area contributed by atoms with Crippen LogP contribution in [0.5, 0.6) is 0 Å². The van der Waals surface area contributed by atoms with Gasteiger partial charge in [-0.15, -0.1) is 0 Å². The van der Waals surface area contributed by atoms with Gasteiger partial charge in [-0.3, -0.25) is 0 Å². The first-order valence-corrected chi connectivity index (χ1v) is 30.9. The van der Waals surface area contributed by atoms with Crippen LogP contribution in [0.15, 0.2) is 346 Å². The maximum absolute atomic E-state index is 2.64. The molecule has 2 heterocycles. The second-order valence-electron chi connectivity index (χ2n) is 23.4. The SMILES string of the molecule is c1ccc(-c2ccc3c(c2)N(c2c(-c4ccccc4)cccc2-c2ccccc2)c2cccc4c2B3c2ccc(-c3ccc5c(-c6ccccc6)c6ccccc6c(-c6ccccc6)c5c3)cc2N4c2c(-c3ccccc3)cccc2-c2ccccc2)cc1. The summed E-state index contributed by atoms with van der Waals surface area (Å²) < 4.78 is 0. The summed E-state index contributed by atoms with van der Waals surface area (Å²) in [5, 5.41) is 4.93. The molecule has 0 spiro atoms. The molecular weight excluding hydrogens is 1070 g/mol. The molecule has 0 atom stereocenters. The van der Waals surface area contributed by atoms with Crippen molar-refractivity contribution in [3.63, 3.8) is 0 Å². The summed E-state index contributed by atoms with van der Waals surface area (Å²) in [7, 11) is 0. The first kappa shape index (κ1) is 51.9. The first-order chi connectivity index (χ1) is 44.2. The molecule has 3 heteroatoms. The first-order valence-electron chi connectivity index (χ1n) is 30.9. The lowest BCUT2D eigenvalue weighted by molar-refractivity contribution is 1.25. The van der Waals surface area contributed by atoms with Gasteiger partial charge in [-0.05, 0) is 135 Å². The molecule has 0 amide bonds. The number of hydrogen-bond donors (Lipinski definition) is 0. The molecule has 2 nitrogen and oxygen atoms in total. The van der Waals surface area contributed by atoms with E-state index in [-0.39, 0.29) is 6.71 Å². The minimum absolute atomic E-state index is 0.146. The summed E-state index contributed by atoms with van der Waals surface area (Å²) in [5.74, 6) is 0. The van der Waals surface area contributed by atoms with Gasteiger partial charge in [-0.1, -0.05) is 315 Å². The Morgan fingerprint density at radius 3 is 0.899 bits per heavy atom. The Labute approximate surface area is 520 Å². The van der Waals surface area contributed by atoms with Crippen LogP contribution >= 0.6 is 0 Å². The van der Waals surface area contributed by atoms with Gasteiger partial charge in [0.15, 0.2) is 0 Å². The van der Waals surface area contributed by atoms with Crippen LogP contribution in [-0.2, 0) is 0 Å². The van der Waals surface area contributed by atoms with E-state index in [2.05, 4.69) is 356 Å². The van der Waals surface area contributed by atoms with Crippen molar-refractivity contribution in [1.82, 2.24) is 0 Å². The van der Waals surface area contributed by atoms with Crippen molar-refractivity contribution in [2.45, 2.75) is 0 Å². The fourth-order valence-electron chi connectivity index (χ4n) is 14.6. The molecule has 17 rings (SSSR count). The summed E-state index contributed by atoms with van der Waals surface area (Å²) in [4.78, 5) is 5.26. The van der Waals surface area contributed by atoms with E-state index in [4.69, 9.17) is 0 Å². The summed E-state index contributed by atoms with van der Waals surface area (Å²) in [6.45, 7) is -0.146. The van der Waals surface area contributed by atoms with Gasteiger partial charge in [0.25, 0.3) is 6.71 Å². The Kier molecular flexibility index (Phi) is 12.7. The van der Waals surface area contributed by atoms with E-state index in [0.29, 0.717) is 0 Å². The third kappa shape index (κ3) is 8.73. The van der Waals surface area contributed by atoms with Crippen molar-refractivity contribution >= 4 is 78.8 Å². The highest BCUT2D eigenvalue weighted by atomic mass is 15.2. The summed E-state index contributed by atoms with van der Waals surface area (Å²) >= 11 is 0. The fourth-order valence-corrected chi connectivity index (χ4v) is 14.6. The zero-order valence-corrected chi connectivity index (χ0v) is 48.9. The number of hydrogen-bond acceptors (Lipinski definition) is 2. The van der Waals surface area contributed by atoms with Gasteiger partial charge >= 0.3 is 0 Å². The summed E-state index contributed by atoms with van der Waals surface area (Å²) in [6, 6.07) is 128. The minimum atomic E-state index is -0.146. The van der Waals surface area contributed by atoms with Crippen LogP contribution in [0.1, 0.15) is 0 Å². The topological polar surface area (TPSA) is 6.48 Å². The van der Waals surface area contributed by atoms with Gasteiger partial charge in [0, 0.05) is 45.0 Å². The van der Waals surface area contributed by atoms with E-state index < -0.39 is 0 Å². The molecule has 2 aliphatic heterocycles. The number of para-hydroxylation sites is 2. The lowest BCUT2D eigenvalue weighted by Crippen LogP contribution is -2.61. The standard InChI is InChI=1S/C86H57BN2/c1-8-27-58(28-9-1)66-50-53-76-80(56-66)88(85-68(59-29-10-2-11-30-59)43-24-44-69(85)60-31-12-3-13-32-60)78-47-26-48-79-84(78)87(76)77-54-51-67(57-81(77)89(79)86-70(61-33-14-4-15-34-61)45-25-46-71(86)62-35-16-5-17-36-62)65-49-52-74-75(55-65)83(64-39-20-7-21-40-64)73-42-23-22-41-72(73)82(74)63-37-18-6-19-38-63/h1-57H. The Morgan fingerprint density at radius 2 is 0.494 bits per heavy atom. The molecule has 0 saturated heterocycles. The van der Waals surface area contributed by atoms with Crippen molar-refractivity contribution < 1.29 is 0 Å². The molecule has 2 aliphatic rings. The van der Waals surface area contributed by atoms with E-state index in [1.807, 2.05) is 0 Å². The zero-order valence-electron chi connectivity index (χ0n) is 48.9. The predicted octanol–water partition coefficient (Wildman–Crippen LogP) is 21.4. The van der Waals surface area contributed by atoms with Crippen molar-refractivity contribution in [3.05, 3.63) is 346 Å². The largest absolute Gasteiger partial charge is 0.310 e. The van der Waals surface area contributed by atoms with Crippen LogP contribution in [0, 0.1) is 0 Å². The van der Waals surface area contributed by atoms with Gasteiger partial charge in [-0.2, -0.15) is 0 Å². The number of anilines is 6. The Hall–Kier alpha value is -11.5. The third-order valence-electron chi connectivity index (χ3n) is 18.4.